The summed E-state index contributed by atoms with van der Waals surface area (Å²) < 4.78 is 39.9. The van der Waals surface area contributed by atoms with Crippen LogP contribution in [-0.2, 0) is 24.4 Å². The summed E-state index contributed by atoms with van der Waals surface area (Å²) in [6.45, 7) is 10.6. The van der Waals surface area contributed by atoms with Crippen molar-refractivity contribution in [2.45, 2.75) is 121 Å². The van der Waals surface area contributed by atoms with E-state index in [0.29, 0.717) is 36.8 Å². The number of anilines is 1. The zero-order valence-corrected chi connectivity index (χ0v) is 35.3. The number of fused-ring (bicyclic) bond motifs is 3. The number of hydrogen-bond acceptors (Lipinski definition) is 10. The molecule has 3 N–H and O–H groups in total. The van der Waals surface area contributed by atoms with Crippen LogP contribution in [-0.4, -0.2) is 114 Å². The van der Waals surface area contributed by atoms with Crippen LogP contribution in [0.1, 0.15) is 86.5 Å². The van der Waals surface area contributed by atoms with E-state index in [-0.39, 0.29) is 31.2 Å². The molecule has 312 valence electrons. The van der Waals surface area contributed by atoms with E-state index in [9.17, 15) is 27.9 Å². The van der Waals surface area contributed by atoms with Crippen LogP contribution in [0.15, 0.2) is 36.5 Å². The number of carbonyl (C=O) groups excluding carboxylic acids is 3. The molecule has 0 bridgehead atoms. The molecular formula is C41H58N6O9S. The fraction of sp³-hybridized carbons (Fsp3) is 0.634. The van der Waals surface area contributed by atoms with Gasteiger partial charge in [0, 0.05) is 48.4 Å². The summed E-state index contributed by atoms with van der Waals surface area (Å²) in [5.74, 6) is -2.04. The van der Waals surface area contributed by atoms with Crippen molar-refractivity contribution in [3.63, 3.8) is 0 Å². The van der Waals surface area contributed by atoms with Crippen LogP contribution in [0, 0.1) is 17.8 Å². The zero-order chi connectivity index (χ0) is 41.8. The number of rotatable bonds is 8. The number of allylic oxidation sites excluding steroid dienone is 1. The Labute approximate surface area is 335 Å². The molecule has 2 saturated carbocycles. The fourth-order valence-corrected chi connectivity index (χ4v) is 9.75. The summed E-state index contributed by atoms with van der Waals surface area (Å²) >= 11 is 0. The van der Waals surface area contributed by atoms with Crippen LogP contribution >= 0.6 is 0 Å². The smallest absolute Gasteiger partial charge is 0.408 e. The highest BCUT2D eigenvalue weighted by Gasteiger charge is 2.63. The maximum Gasteiger partial charge on any atom is 0.408 e. The van der Waals surface area contributed by atoms with Crippen molar-refractivity contribution in [1.29, 1.82) is 0 Å². The van der Waals surface area contributed by atoms with E-state index < -0.39 is 79.7 Å². The molecule has 1 saturated heterocycles. The number of aromatic nitrogens is 1. The van der Waals surface area contributed by atoms with E-state index in [1.807, 2.05) is 56.3 Å². The molecule has 4 aliphatic rings. The number of sulfonamides is 1. The summed E-state index contributed by atoms with van der Waals surface area (Å²) in [6, 6.07) is 3.40. The number of amides is 4. The van der Waals surface area contributed by atoms with Crippen molar-refractivity contribution < 1.29 is 42.2 Å². The van der Waals surface area contributed by atoms with E-state index in [1.165, 1.54) is 9.80 Å². The quantitative estimate of drug-likeness (QED) is 0.314. The van der Waals surface area contributed by atoms with Gasteiger partial charge in [0.15, 0.2) is 0 Å². The molecule has 2 aromatic rings. The van der Waals surface area contributed by atoms with E-state index in [1.54, 1.807) is 41.0 Å². The van der Waals surface area contributed by atoms with Gasteiger partial charge in [0.05, 0.1) is 24.6 Å². The van der Waals surface area contributed by atoms with Gasteiger partial charge in [0.25, 0.3) is 5.91 Å². The number of hydrogen-bond donors (Lipinski definition) is 3. The molecule has 4 amide bonds. The minimum absolute atomic E-state index is 0.00275. The third-order valence-corrected chi connectivity index (χ3v) is 14.4. The predicted molar refractivity (Wildman–Crippen MR) is 216 cm³/mol. The Morgan fingerprint density at radius 1 is 1.11 bits per heavy atom. The molecule has 15 nitrogen and oxygen atoms in total. The molecule has 2 aliphatic heterocycles. The monoisotopic (exact) mass is 810 g/mol. The summed E-state index contributed by atoms with van der Waals surface area (Å²) in [5.41, 5.74) is -1.62. The average molecular weight is 811 g/mol. The highest BCUT2D eigenvalue weighted by molar-refractivity contribution is 7.91. The van der Waals surface area contributed by atoms with Gasteiger partial charge in [-0.3, -0.25) is 24.0 Å². The van der Waals surface area contributed by atoms with E-state index >= 15 is 4.79 Å². The van der Waals surface area contributed by atoms with Gasteiger partial charge in [-0.15, -0.1) is 0 Å². The molecule has 0 radical (unpaired) electrons. The molecule has 6 rings (SSSR count). The lowest BCUT2D eigenvalue weighted by molar-refractivity contribution is -0.146. The Kier molecular flexibility index (Phi) is 11.3. The Morgan fingerprint density at radius 3 is 2.42 bits per heavy atom. The normalized spacial score (nSPS) is 29.5. The van der Waals surface area contributed by atoms with Gasteiger partial charge in [-0.2, -0.15) is 0 Å². The van der Waals surface area contributed by atoms with Gasteiger partial charge in [-0.05, 0) is 96.3 Å². The van der Waals surface area contributed by atoms with Gasteiger partial charge < -0.3 is 29.7 Å². The molecule has 0 unspecified atom stereocenters. The van der Waals surface area contributed by atoms with Crippen molar-refractivity contribution >= 4 is 50.3 Å². The first kappa shape index (κ1) is 42.0. The third kappa shape index (κ3) is 8.24. The highest BCUT2D eigenvalue weighted by Crippen LogP contribution is 2.48. The van der Waals surface area contributed by atoms with Gasteiger partial charge >= 0.3 is 6.09 Å². The first-order chi connectivity index (χ1) is 26.6. The van der Waals surface area contributed by atoms with Crippen molar-refractivity contribution in [2.24, 2.45) is 17.8 Å². The van der Waals surface area contributed by atoms with Crippen LogP contribution in [0.5, 0.6) is 11.6 Å². The largest absolute Gasteiger partial charge is 0.494 e. The average Bonchev–Trinajstić information content (AvgIpc) is 4.01. The summed E-state index contributed by atoms with van der Waals surface area (Å²) in [7, 11) is 1.38. The molecular weight excluding hydrogens is 753 g/mol. The molecule has 3 heterocycles. The number of carboxylic acid groups (broad SMARTS) is 1. The molecule has 16 heteroatoms. The van der Waals surface area contributed by atoms with E-state index in [4.69, 9.17) is 9.47 Å². The third-order valence-electron chi connectivity index (χ3n) is 12.2. The lowest BCUT2D eigenvalue weighted by atomic mass is 9.85. The standard InChI is InChI=1S/C41H58N6O9S/c1-24-12-10-11-13-26-21-41(26,37(50)44-57(53,54)40(6)16-17-40)43-34(48)31-20-28(23-46(31)36(49)33(25(2)18-24)47(38(51)52)39(3,4)5)56-35-29-15-14-27(45(7)8)19-30(29)32(55-9)22-42-35/h11,13-15,19,22,24-26,28,31,33H,10,12,16-18,20-21,23H2,1-9H3,(H,43,48)(H,44,50)(H,51,52)/b13-11-/t24-,25-,26-,28-,31+,33+,41-/m1/s1. The lowest BCUT2D eigenvalue weighted by Crippen LogP contribution is -2.62. The Hall–Kier alpha value is -4.60. The zero-order valence-electron chi connectivity index (χ0n) is 34.5. The second kappa shape index (κ2) is 15.3. The molecule has 7 atom stereocenters. The molecule has 3 fully saturated rings. The van der Waals surface area contributed by atoms with Gasteiger partial charge in [-0.25, -0.2) is 18.2 Å². The van der Waals surface area contributed by atoms with Crippen molar-refractivity contribution in [2.75, 3.05) is 32.6 Å². The van der Waals surface area contributed by atoms with Gasteiger partial charge in [-0.1, -0.05) is 26.0 Å². The predicted octanol–water partition coefficient (Wildman–Crippen LogP) is 4.69. The summed E-state index contributed by atoms with van der Waals surface area (Å²) in [4.78, 5) is 65.8. The van der Waals surface area contributed by atoms with Crippen LogP contribution < -0.4 is 24.4 Å². The lowest BCUT2D eigenvalue weighted by Gasteiger charge is -2.43. The second-order valence-electron chi connectivity index (χ2n) is 18.0. The molecule has 1 aromatic heterocycles. The number of methoxy groups -OCH3 is 1. The first-order valence-electron chi connectivity index (χ1n) is 19.8. The molecule has 1 aromatic carbocycles. The van der Waals surface area contributed by atoms with Crippen molar-refractivity contribution in [1.82, 2.24) is 24.8 Å². The van der Waals surface area contributed by atoms with Gasteiger partial charge in [0.2, 0.25) is 27.7 Å². The first-order valence-corrected chi connectivity index (χ1v) is 21.3. The summed E-state index contributed by atoms with van der Waals surface area (Å²) in [5, 5.41) is 14.9. The van der Waals surface area contributed by atoms with E-state index in [0.717, 1.165) is 17.5 Å². The Morgan fingerprint density at radius 2 is 1.81 bits per heavy atom. The molecule has 0 spiro atoms. The SMILES string of the molecule is COc1cnc(O[C@@H]2C[C@H]3C(=O)N[C@]4(C(=O)NS(=O)(=O)C5(C)CC5)C[C@H]4/C=C\CC[C@@H](C)C[C@@H](C)[C@H](N(C(=O)O)C(C)(C)C)C(=O)N3C2)c2ccc(N(C)C)cc12. The summed E-state index contributed by atoms with van der Waals surface area (Å²) in [6.07, 6.45) is 6.27. The number of ether oxygens (including phenoxy) is 2. The highest BCUT2D eigenvalue weighted by atomic mass is 32.2. The number of nitrogens with zero attached hydrogens (tertiary/aromatic N) is 4. The maximum absolute atomic E-state index is 15.1. The Bertz CT molecular complexity index is 2060. The second-order valence-corrected chi connectivity index (χ2v) is 20.2. The number of pyridine rings is 1. The molecule has 57 heavy (non-hydrogen) atoms. The molecule has 2 aliphatic carbocycles. The minimum Gasteiger partial charge on any atom is -0.494 e. The van der Waals surface area contributed by atoms with Gasteiger partial charge in [0.1, 0.15) is 29.5 Å². The van der Waals surface area contributed by atoms with Crippen LogP contribution in [0.2, 0.25) is 0 Å². The van der Waals surface area contributed by atoms with Crippen LogP contribution in [0.3, 0.4) is 0 Å². The topological polar surface area (TPSA) is 188 Å². The van der Waals surface area contributed by atoms with Crippen LogP contribution in [0.25, 0.3) is 10.8 Å². The van der Waals surface area contributed by atoms with Crippen molar-refractivity contribution in [3.05, 3.63) is 36.5 Å². The van der Waals surface area contributed by atoms with Crippen molar-refractivity contribution in [3.8, 4) is 11.6 Å². The number of carbonyl (C=O) groups is 4. The fourth-order valence-electron chi connectivity index (χ4n) is 8.44. The van der Waals surface area contributed by atoms with E-state index in [2.05, 4.69) is 21.9 Å². The maximum atomic E-state index is 15.1. The number of benzene rings is 1. The Balaban J connectivity index is 1.41. The number of nitrogens with one attached hydrogen (secondary N) is 2. The minimum atomic E-state index is -4.02. The van der Waals surface area contributed by atoms with Crippen LogP contribution in [0.4, 0.5) is 10.5 Å².